The van der Waals surface area contributed by atoms with Crippen LogP contribution >= 0.6 is 0 Å². The molecule has 1 heterocycles. The number of hydrogen-bond acceptors (Lipinski definition) is 6. The number of benzene rings is 2. The Balaban J connectivity index is 1.37. The molecule has 1 aliphatic rings. The zero-order valence-electron chi connectivity index (χ0n) is 16.0. The summed E-state index contributed by atoms with van der Waals surface area (Å²) in [4.78, 5) is 35.8. The fourth-order valence-corrected chi connectivity index (χ4v) is 2.87. The Hall–Kier alpha value is -3.19. The van der Waals surface area contributed by atoms with Crippen molar-refractivity contribution in [1.82, 2.24) is 5.32 Å². The number of rotatable bonds is 9. The second kappa shape index (κ2) is 10.4. The molecule has 152 valence electrons. The van der Waals surface area contributed by atoms with Gasteiger partial charge in [0.25, 0.3) is 5.91 Å². The molecule has 7 heteroatoms. The van der Waals surface area contributed by atoms with Crippen molar-refractivity contribution in [2.24, 2.45) is 0 Å². The maximum atomic E-state index is 12.3. The van der Waals surface area contributed by atoms with Crippen LogP contribution in [-0.2, 0) is 19.1 Å². The van der Waals surface area contributed by atoms with Crippen LogP contribution in [0.4, 0.5) is 0 Å². The van der Waals surface area contributed by atoms with E-state index in [-0.39, 0.29) is 31.0 Å². The molecule has 1 aliphatic heterocycles. The van der Waals surface area contributed by atoms with Gasteiger partial charge in [-0.25, -0.2) is 4.79 Å². The molecule has 1 fully saturated rings. The second-order valence-electron chi connectivity index (χ2n) is 6.61. The summed E-state index contributed by atoms with van der Waals surface area (Å²) < 4.78 is 15.6. The van der Waals surface area contributed by atoms with Gasteiger partial charge in [0.05, 0.1) is 6.10 Å². The van der Waals surface area contributed by atoms with Crippen molar-refractivity contribution in [3.05, 3.63) is 65.7 Å². The highest BCUT2D eigenvalue weighted by molar-refractivity contribution is 6.08. The van der Waals surface area contributed by atoms with E-state index in [1.807, 2.05) is 6.07 Å². The molecule has 7 nitrogen and oxygen atoms in total. The van der Waals surface area contributed by atoms with Crippen molar-refractivity contribution in [3.8, 4) is 5.75 Å². The number of hydrogen-bond donors (Lipinski definition) is 1. The Morgan fingerprint density at radius 2 is 1.69 bits per heavy atom. The lowest BCUT2D eigenvalue weighted by atomic mass is 10.0. The van der Waals surface area contributed by atoms with E-state index in [0.717, 1.165) is 12.8 Å². The molecule has 1 atom stereocenters. The third-order valence-corrected chi connectivity index (χ3v) is 4.42. The maximum absolute atomic E-state index is 12.3. The number of amides is 1. The highest BCUT2D eigenvalue weighted by Crippen LogP contribution is 2.15. The lowest BCUT2D eigenvalue weighted by Crippen LogP contribution is -2.35. The third kappa shape index (κ3) is 6.43. The van der Waals surface area contributed by atoms with Gasteiger partial charge in [0.2, 0.25) is 0 Å². The molecule has 0 unspecified atom stereocenters. The van der Waals surface area contributed by atoms with Gasteiger partial charge in [-0.15, -0.1) is 0 Å². The first-order valence-corrected chi connectivity index (χ1v) is 9.48. The SMILES string of the molecule is O=C(COC(=O)COc1ccc(C(=O)c2ccccc2)cc1)NC[C@@H]1CCCO1. The van der Waals surface area contributed by atoms with Crippen LogP contribution in [0.15, 0.2) is 54.6 Å². The Morgan fingerprint density at radius 3 is 2.38 bits per heavy atom. The molecule has 1 saturated heterocycles. The molecule has 2 aromatic carbocycles. The van der Waals surface area contributed by atoms with Crippen LogP contribution < -0.4 is 10.1 Å². The first-order valence-electron chi connectivity index (χ1n) is 9.48. The number of carbonyl (C=O) groups excluding carboxylic acids is 3. The zero-order chi connectivity index (χ0) is 20.5. The van der Waals surface area contributed by atoms with Crippen LogP contribution in [0, 0.1) is 0 Å². The monoisotopic (exact) mass is 397 g/mol. The van der Waals surface area contributed by atoms with Crippen LogP contribution in [0.5, 0.6) is 5.75 Å². The lowest BCUT2D eigenvalue weighted by Gasteiger charge is -2.11. The number of nitrogens with one attached hydrogen (secondary N) is 1. The Labute approximate surface area is 169 Å². The predicted molar refractivity (Wildman–Crippen MR) is 105 cm³/mol. The average Bonchev–Trinajstić information content (AvgIpc) is 3.29. The van der Waals surface area contributed by atoms with Crippen molar-refractivity contribution in [3.63, 3.8) is 0 Å². The van der Waals surface area contributed by atoms with Gasteiger partial charge >= 0.3 is 5.97 Å². The molecule has 0 aromatic heterocycles. The van der Waals surface area contributed by atoms with Gasteiger partial charge < -0.3 is 19.5 Å². The summed E-state index contributed by atoms with van der Waals surface area (Å²) in [6, 6.07) is 15.4. The van der Waals surface area contributed by atoms with Crippen molar-refractivity contribution in [1.29, 1.82) is 0 Å². The highest BCUT2D eigenvalue weighted by atomic mass is 16.6. The fraction of sp³-hybridized carbons (Fsp3) is 0.318. The topological polar surface area (TPSA) is 90.9 Å². The molecule has 0 radical (unpaired) electrons. The van der Waals surface area contributed by atoms with Crippen molar-refractivity contribution in [2.75, 3.05) is 26.4 Å². The summed E-state index contributed by atoms with van der Waals surface area (Å²) in [5.74, 6) is -0.695. The first kappa shape index (κ1) is 20.5. The van der Waals surface area contributed by atoms with E-state index in [1.165, 1.54) is 0 Å². The van der Waals surface area contributed by atoms with Gasteiger partial charge in [0, 0.05) is 24.3 Å². The highest BCUT2D eigenvalue weighted by Gasteiger charge is 2.17. The van der Waals surface area contributed by atoms with Gasteiger partial charge in [-0.1, -0.05) is 30.3 Å². The molecule has 0 spiro atoms. The van der Waals surface area contributed by atoms with Crippen molar-refractivity contribution < 1.29 is 28.6 Å². The lowest BCUT2D eigenvalue weighted by molar-refractivity contribution is -0.150. The number of ketones is 1. The summed E-state index contributed by atoms with van der Waals surface area (Å²) in [6.45, 7) is 0.444. The molecule has 1 amide bonds. The van der Waals surface area contributed by atoms with E-state index in [2.05, 4.69) is 5.32 Å². The first-order chi connectivity index (χ1) is 14.1. The summed E-state index contributed by atoms with van der Waals surface area (Å²) in [7, 11) is 0. The molecular weight excluding hydrogens is 374 g/mol. The molecule has 0 saturated carbocycles. The van der Waals surface area contributed by atoms with Crippen LogP contribution in [0.1, 0.15) is 28.8 Å². The minimum Gasteiger partial charge on any atom is -0.482 e. The zero-order valence-corrected chi connectivity index (χ0v) is 16.0. The third-order valence-electron chi connectivity index (χ3n) is 4.42. The van der Waals surface area contributed by atoms with Crippen LogP contribution in [0.25, 0.3) is 0 Å². The number of esters is 1. The van der Waals surface area contributed by atoms with Crippen molar-refractivity contribution in [2.45, 2.75) is 18.9 Å². The minimum absolute atomic E-state index is 0.0368. The quantitative estimate of drug-likeness (QED) is 0.515. The average molecular weight is 397 g/mol. The fourth-order valence-electron chi connectivity index (χ4n) is 2.87. The Bertz CT molecular complexity index is 828. The predicted octanol–water partition coefficient (Wildman–Crippen LogP) is 2.13. The summed E-state index contributed by atoms with van der Waals surface area (Å²) >= 11 is 0. The van der Waals surface area contributed by atoms with Gasteiger partial charge in [-0.05, 0) is 37.1 Å². The van der Waals surface area contributed by atoms with E-state index in [4.69, 9.17) is 14.2 Å². The normalized spacial score (nSPS) is 15.5. The number of carbonyl (C=O) groups is 3. The van der Waals surface area contributed by atoms with Gasteiger partial charge in [-0.3, -0.25) is 9.59 Å². The second-order valence-corrected chi connectivity index (χ2v) is 6.61. The van der Waals surface area contributed by atoms with Crippen LogP contribution in [-0.4, -0.2) is 50.1 Å². The van der Waals surface area contributed by atoms with E-state index in [0.29, 0.717) is 30.0 Å². The minimum atomic E-state index is -0.651. The van der Waals surface area contributed by atoms with Gasteiger partial charge in [0.15, 0.2) is 19.0 Å². The summed E-state index contributed by atoms with van der Waals surface area (Å²) in [5, 5.41) is 2.67. The molecule has 3 rings (SSSR count). The van der Waals surface area contributed by atoms with E-state index >= 15 is 0 Å². The van der Waals surface area contributed by atoms with E-state index in [1.54, 1.807) is 48.5 Å². The van der Waals surface area contributed by atoms with Crippen LogP contribution in [0.2, 0.25) is 0 Å². The molecule has 0 aliphatic carbocycles. The van der Waals surface area contributed by atoms with E-state index < -0.39 is 5.97 Å². The largest absolute Gasteiger partial charge is 0.482 e. The van der Waals surface area contributed by atoms with Crippen LogP contribution in [0.3, 0.4) is 0 Å². The van der Waals surface area contributed by atoms with E-state index in [9.17, 15) is 14.4 Å². The maximum Gasteiger partial charge on any atom is 0.344 e. The summed E-state index contributed by atoms with van der Waals surface area (Å²) in [5.41, 5.74) is 1.12. The Morgan fingerprint density at radius 1 is 0.966 bits per heavy atom. The molecule has 1 N–H and O–H groups in total. The standard InChI is InChI=1S/C22H23NO6/c24-20(23-13-19-7-4-12-27-19)14-29-21(25)15-28-18-10-8-17(9-11-18)22(26)16-5-2-1-3-6-16/h1-3,5-6,8-11,19H,4,7,12-15H2,(H,23,24)/t19-/m0/s1. The molecule has 0 bridgehead atoms. The molecule has 2 aromatic rings. The molecule has 29 heavy (non-hydrogen) atoms. The van der Waals surface area contributed by atoms with Crippen molar-refractivity contribution >= 4 is 17.7 Å². The summed E-state index contributed by atoms with van der Waals surface area (Å²) in [6.07, 6.45) is 1.95. The van der Waals surface area contributed by atoms with Gasteiger partial charge in [0.1, 0.15) is 5.75 Å². The van der Waals surface area contributed by atoms with Gasteiger partial charge in [-0.2, -0.15) is 0 Å². The molecular formula is C22H23NO6. The Kier molecular flexibility index (Phi) is 7.35. The number of ether oxygens (including phenoxy) is 3. The smallest absolute Gasteiger partial charge is 0.344 e.